The minimum absolute atomic E-state index is 0.0261. The Labute approximate surface area is 130 Å². The molecule has 0 radical (unpaired) electrons. The number of carbonyl (C=O) groups is 1. The molecule has 6 nitrogen and oxygen atoms in total. The SMILES string of the molecule is COc1ccc(C(=O)N2CCC(OC)(OC)CC2)cc1OC. The number of nitrogens with zero attached hydrogens (tertiary/aromatic N) is 1. The zero-order valence-corrected chi connectivity index (χ0v) is 13.5. The minimum atomic E-state index is -0.575. The highest BCUT2D eigenvalue weighted by Crippen LogP contribution is 2.30. The Bertz CT molecular complexity index is 517. The van der Waals surface area contributed by atoms with E-state index in [4.69, 9.17) is 18.9 Å². The third-order valence-electron chi connectivity index (χ3n) is 4.19. The Morgan fingerprint density at radius 3 is 2.09 bits per heavy atom. The van der Waals surface area contributed by atoms with Gasteiger partial charge in [0.05, 0.1) is 14.2 Å². The van der Waals surface area contributed by atoms with Crippen molar-refractivity contribution in [2.75, 3.05) is 41.5 Å². The molecule has 122 valence electrons. The number of hydrogen-bond donors (Lipinski definition) is 0. The second kappa shape index (κ2) is 6.98. The first-order valence-electron chi connectivity index (χ1n) is 7.20. The fourth-order valence-corrected chi connectivity index (χ4v) is 2.69. The van der Waals surface area contributed by atoms with Crippen LogP contribution >= 0.6 is 0 Å². The summed E-state index contributed by atoms with van der Waals surface area (Å²) in [5, 5.41) is 0. The third kappa shape index (κ3) is 3.18. The van der Waals surface area contributed by atoms with Crippen molar-refractivity contribution in [2.45, 2.75) is 18.6 Å². The number of ether oxygens (including phenoxy) is 4. The number of amides is 1. The molecule has 6 heteroatoms. The van der Waals surface area contributed by atoms with Crippen molar-refractivity contribution in [3.05, 3.63) is 23.8 Å². The van der Waals surface area contributed by atoms with E-state index in [0.29, 0.717) is 43.0 Å². The number of piperidine rings is 1. The molecule has 1 saturated heterocycles. The lowest BCUT2D eigenvalue weighted by atomic mass is 10.0. The summed E-state index contributed by atoms with van der Waals surface area (Å²) < 4.78 is 21.3. The summed E-state index contributed by atoms with van der Waals surface area (Å²) in [6.45, 7) is 1.18. The molecule has 0 spiro atoms. The van der Waals surface area contributed by atoms with Gasteiger partial charge in [0.1, 0.15) is 0 Å². The van der Waals surface area contributed by atoms with Crippen LogP contribution in [0.2, 0.25) is 0 Å². The van der Waals surface area contributed by atoms with Gasteiger partial charge < -0.3 is 23.8 Å². The Morgan fingerprint density at radius 2 is 1.59 bits per heavy atom. The first kappa shape index (κ1) is 16.6. The van der Waals surface area contributed by atoms with Gasteiger partial charge in [0.25, 0.3) is 5.91 Å². The average molecular weight is 309 g/mol. The molecule has 1 aliphatic heterocycles. The molecule has 1 fully saturated rings. The van der Waals surface area contributed by atoms with Crippen LogP contribution in [-0.2, 0) is 9.47 Å². The number of carbonyl (C=O) groups excluding carboxylic acids is 1. The van der Waals surface area contributed by atoms with Crippen molar-refractivity contribution in [1.82, 2.24) is 4.90 Å². The molecule has 0 bridgehead atoms. The quantitative estimate of drug-likeness (QED) is 0.778. The highest BCUT2D eigenvalue weighted by molar-refractivity contribution is 5.95. The van der Waals surface area contributed by atoms with Crippen molar-refractivity contribution in [1.29, 1.82) is 0 Å². The fourth-order valence-electron chi connectivity index (χ4n) is 2.69. The van der Waals surface area contributed by atoms with Crippen LogP contribution < -0.4 is 9.47 Å². The van der Waals surface area contributed by atoms with Crippen molar-refractivity contribution < 1.29 is 23.7 Å². The predicted octanol–water partition coefficient (Wildman–Crippen LogP) is 1.93. The van der Waals surface area contributed by atoms with Gasteiger partial charge in [-0.3, -0.25) is 4.79 Å². The van der Waals surface area contributed by atoms with Gasteiger partial charge in [-0.25, -0.2) is 0 Å². The summed E-state index contributed by atoms with van der Waals surface area (Å²) in [7, 11) is 6.39. The van der Waals surface area contributed by atoms with E-state index in [0.717, 1.165) is 0 Å². The molecule has 1 aliphatic rings. The van der Waals surface area contributed by atoms with E-state index >= 15 is 0 Å². The van der Waals surface area contributed by atoms with E-state index in [2.05, 4.69) is 0 Å². The van der Waals surface area contributed by atoms with Gasteiger partial charge in [-0.1, -0.05) is 0 Å². The standard InChI is InChI=1S/C16H23NO5/c1-19-13-6-5-12(11-14(13)20-2)15(18)17-9-7-16(21-3,22-4)8-10-17/h5-6,11H,7-10H2,1-4H3. The lowest BCUT2D eigenvalue weighted by Gasteiger charge is -2.39. The number of likely N-dealkylation sites (tertiary alicyclic amines) is 1. The van der Waals surface area contributed by atoms with Gasteiger partial charge in [0.15, 0.2) is 17.3 Å². The van der Waals surface area contributed by atoms with E-state index in [1.54, 1.807) is 51.5 Å². The summed E-state index contributed by atoms with van der Waals surface area (Å²) in [5.74, 6) is 0.555. The second-order valence-electron chi connectivity index (χ2n) is 5.18. The van der Waals surface area contributed by atoms with Gasteiger partial charge >= 0.3 is 0 Å². The highest BCUT2D eigenvalue weighted by Gasteiger charge is 2.36. The van der Waals surface area contributed by atoms with Crippen molar-refractivity contribution >= 4 is 5.91 Å². The number of methoxy groups -OCH3 is 4. The zero-order valence-electron chi connectivity index (χ0n) is 13.5. The van der Waals surface area contributed by atoms with Crippen LogP contribution in [0.4, 0.5) is 0 Å². The molecule has 0 atom stereocenters. The monoisotopic (exact) mass is 309 g/mol. The highest BCUT2D eigenvalue weighted by atomic mass is 16.7. The Kier molecular flexibility index (Phi) is 5.26. The molecule has 1 aromatic rings. The van der Waals surface area contributed by atoms with Crippen molar-refractivity contribution in [3.63, 3.8) is 0 Å². The van der Waals surface area contributed by atoms with Gasteiger partial charge in [-0.2, -0.15) is 0 Å². The Morgan fingerprint density at radius 1 is 1.00 bits per heavy atom. The van der Waals surface area contributed by atoms with Gasteiger partial charge in [-0.15, -0.1) is 0 Å². The van der Waals surface area contributed by atoms with Crippen molar-refractivity contribution in [3.8, 4) is 11.5 Å². The molecule has 2 rings (SSSR count). The van der Waals surface area contributed by atoms with Gasteiger partial charge in [-0.05, 0) is 18.2 Å². The topological polar surface area (TPSA) is 57.2 Å². The minimum Gasteiger partial charge on any atom is -0.493 e. The molecule has 1 heterocycles. The van der Waals surface area contributed by atoms with Crippen LogP contribution in [0.25, 0.3) is 0 Å². The van der Waals surface area contributed by atoms with Crippen LogP contribution in [0.15, 0.2) is 18.2 Å². The summed E-state index contributed by atoms with van der Waals surface area (Å²) in [5.41, 5.74) is 0.583. The fraction of sp³-hybridized carbons (Fsp3) is 0.562. The average Bonchev–Trinajstić information content (AvgIpc) is 2.60. The number of hydrogen-bond acceptors (Lipinski definition) is 5. The largest absolute Gasteiger partial charge is 0.493 e. The van der Waals surface area contributed by atoms with E-state index in [1.807, 2.05) is 0 Å². The lowest BCUT2D eigenvalue weighted by Crippen LogP contribution is -2.48. The maximum atomic E-state index is 12.6. The molecular weight excluding hydrogens is 286 g/mol. The Balaban J connectivity index is 2.10. The van der Waals surface area contributed by atoms with Gasteiger partial charge in [0, 0.05) is 45.7 Å². The maximum absolute atomic E-state index is 12.6. The van der Waals surface area contributed by atoms with Gasteiger partial charge in [0.2, 0.25) is 0 Å². The van der Waals surface area contributed by atoms with Crippen molar-refractivity contribution in [2.24, 2.45) is 0 Å². The number of benzene rings is 1. The van der Waals surface area contributed by atoms with Crippen LogP contribution in [0.5, 0.6) is 11.5 Å². The normalized spacial score (nSPS) is 17.2. The smallest absolute Gasteiger partial charge is 0.253 e. The summed E-state index contributed by atoms with van der Waals surface area (Å²) in [6.07, 6.45) is 1.30. The lowest BCUT2D eigenvalue weighted by molar-refractivity contribution is -0.226. The molecule has 0 aliphatic carbocycles. The molecule has 0 saturated carbocycles. The van der Waals surface area contributed by atoms with Crippen LogP contribution in [0.1, 0.15) is 23.2 Å². The van der Waals surface area contributed by atoms with Crippen LogP contribution in [0, 0.1) is 0 Å². The summed E-state index contributed by atoms with van der Waals surface area (Å²) >= 11 is 0. The number of rotatable bonds is 5. The molecule has 1 aromatic carbocycles. The van der Waals surface area contributed by atoms with E-state index < -0.39 is 5.79 Å². The molecule has 1 amide bonds. The molecule has 0 aromatic heterocycles. The van der Waals surface area contributed by atoms with E-state index in [9.17, 15) is 4.79 Å². The predicted molar refractivity (Wildman–Crippen MR) is 81.4 cm³/mol. The first-order chi connectivity index (χ1) is 10.6. The second-order valence-corrected chi connectivity index (χ2v) is 5.18. The maximum Gasteiger partial charge on any atom is 0.253 e. The molecule has 0 unspecified atom stereocenters. The summed E-state index contributed by atoms with van der Waals surface area (Å²) in [4.78, 5) is 14.4. The summed E-state index contributed by atoms with van der Waals surface area (Å²) in [6, 6.07) is 5.19. The van der Waals surface area contributed by atoms with Crippen LogP contribution in [0.3, 0.4) is 0 Å². The van der Waals surface area contributed by atoms with E-state index in [1.165, 1.54) is 0 Å². The third-order valence-corrected chi connectivity index (χ3v) is 4.19. The molecule has 0 N–H and O–H groups in total. The zero-order chi connectivity index (χ0) is 16.2. The first-order valence-corrected chi connectivity index (χ1v) is 7.20. The molecule has 22 heavy (non-hydrogen) atoms. The van der Waals surface area contributed by atoms with Crippen LogP contribution in [-0.4, -0.2) is 58.1 Å². The van der Waals surface area contributed by atoms with E-state index in [-0.39, 0.29) is 5.91 Å². The Hall–Kier alpha value is -1.79. The molecular formula is C16H23NO5.